The van der Waals surface area contributed by atoms with Crippen LogP contribution < -0.4 is 0 Å². The summed E-state index contributed by atoms with van der Waals surface area (Å²) < 4.78 is 0. The summed E-state index contributed by atoms with van der Waals surface area (Å²) in [6, 6.07) is 0. The van der Waals surface area contributed by atoms with E-state index in [0.717, 1.165) is 29.0 Å². The van der Waals surface area contributed by atoms with Gasteiger partial charge < -0.3 is 0 Å². The summed E-state index contributed by atoms with van der Waals surface area (Å²) >= 11 is 9.92. The number of thiocarbonyl (C=S) groups is 2. The fraction of sp³-hybridized carbons (Fsp3) is 0.714. The second kappa shape index (κ2) is 5.00. The predicted molar refractivity (Wildman–Crippen MR) is 50.4 cm³/mol. The van der Waals surface area contributed by atoms with Crippen molar-refractivity contribution in [2.24, 2.45) is 0 Å². The van der Waals surface area contributed by atoms with Crippen molar-refractivity contribution in [3.63, 3.8) is 0 Å². The lowest BCUT2D eigenvalue weighted by Gasteiger charge is -1.96. The molecule has 0 aromatic heterocycles. The maximum atomic E-state index is 5.01. The lowest BCUT2D eigenvalue weighted by molar-refractivity contribution is 1.12. The van der Waals surface area contributed by atoms with Gasteiger partial charge in [0, 0.05) is 0 Å². The zero-order valence-corrected chi connectivity index (χ0v) is 7.57. The average molecular weight is 160 g/mol. The highest BCUT2D eigenvalue weighted by Crippen LogP contribution is 1.98. The van der Waals surface area contributed by atoms with Crippen LogP contribution in [0.5, 0.6) is 0 Å². The van der Waals surface area contributed by atoms with Crippen LogP contribution in [-0.4, -0.2) is 9.73 Å². The Morgan fingerprint density at radius 1 is 1.22 bits per heavy atom. The topological polar surface area (TPSA) is 0 Å². The Morgan fingerprint density at radius 3 is 2.11 bits per heavy atom. The summed E-state index contributed by atoms with van der Waals surface area (Å²) in [6.45, 7) is 4.05. The van der Waals surface area contributed by atoms with Crippen LogP contribution in [0.25, 0.3) is 0 Å². The van der Waals surface area contributed by atoms with E-state index in [4.69, 9.17) is 24.4 Å². The van der Waals surface area contributed by atoms with Crippen LogP contribution in [0.2, 0.25) is 0 Å². The molecule has 0 N–H and O–H groups in total. The lowest BCUT2D eigenvalue weighted by Crippen LogP contribution is -1.95. The van der Waals surface area contributed by atoms with Crippen molar-refractivity contribution < 1.29 is 0 Å². The molecule has 0 atom stereocenters. The first-order valence-corrected chi connectivity index (χ1v) is 3.99. The van der Waals surface area contributed by atoms with Gasteiger partial charge in [-0.1, -0.05) is 31.4 Å². The zero-order valence-electron chi connectivity index (χ0n) is 5.94. The summed E-state index contributed by atoms with van der Waals surface area (Å²) in [5, 5.41) is 0. The predicted octanol–water partition coefficient (Wildman–Crippen LogP) is 2.94. The third kappa shape index (κ3) is 6.06. The molecule has 2 heteroatoms. The van der Waals surface area contributed by atoms with E-state index in [2.05, 4.69) is 6.92 Å². The SMILES string of the molecule is CCC(=S)CCC(C)=S. The van der Waals surface area contributed by atoms with Gasteiger partial charge in [0.2, 0.25) is 0 Å². The monoisotopic (exact) mass is 160 g/mol. The Bertz CT molecular complexity index is 116. The number of hydrogen-bond acceptors (Lipinski definition) is 2. The molecule has 0 aliphatic heterocycles. The highest BCUT2D eigenvalue weighted by atomic mass is 32.1. The molecule has 0 saturated heterocycles. The molecule has 0 aromatic rings. The van der Waals surface area contributed by atoms with Gasteiger partial charge in [0.15, 0.2) is 0 Å². The summed E-state index contributed by atoms with van der Waals surface area (Å²) in [6.07, 6.45) is 3.00. The Morgan fingerprint density at radius 2 is 1.78 bits per heavy atom. The van der Waals surface area contributed by atoms with E-state index in [1.165, 1.54) is 0 Å². The van der Waals surface area contributed by atoms with Crippen LogP contribution in [0.4, 0.5) is 0 Å². The first-order valence-electron chi connectivity index (χ1n) is 3.18. The highest BCUT2D eigenvalue weighted by Gasteiger charge is 1.93. The van der Waals surface area contributed by atoms with Crippen LogP contribution in [0.15, 0.2) is 0 Å². The van der Waals surface area contributed by atoms with Crippen LogP contribution >= 0.6 is 24.4 Å². The number of hydrogen-bond donors (Lipinski definition) is 0. The van der Waals surface area contributed by atoms with Gasteiger partial charge in [-0.25, -0.2) is 0 Å². The van der Waals surface area contributed by atoms with E-state index < -0.39 is 0 Å². The molecule has 0 aliphatic rings. The fourth-order valence-corrected chi connectivity index (χ4v) is 0.696. The Kier molecular flexibility index (Phi) is 5.10. The zero-order chi connectivity index (χ0) is 7.28. The van der Waals surface area contributed by atoms with Gasteiger partial charge in [-0.3, -0.25) is 0 Å². The molecule has 0 radical (unpaired) electrons. The average Bonchev–Trinajstić information content (AvgIpc) is 1.83. The van der Waals surface area contributed by atoms with E-state index in [0.29, 0.717) is 0 Å². The molecule has 0 fully saturated rings. The molecule has 0 heterocycles. The van der Waals surface area contributed by atoms with E-state index in [-0.39, 0.29) is 0 Å². The van der Waals surface area contributed by atoms with Gasteiger partial charge in [-0.05, 0) is 35.9 Å². The van der Waals surface area contributed by atoms with Crippen LogP contribution in [0, 0.1) is 0 Å². The van der Waals surface area contributed by atoms with Gasteiger partial charge in [-0.2, -0.15) is 0 Å². The van der Waals surface area contributed by atoms with Crippen LogP contribution in [0.3, 0.4) is 0 Å². The van der Waals surface area contributed by atoms with Gasteiger partial charge in [0.25, 0.3) is 0 Å². The third-order valence-electron chi connectivity index (χ3n) is 1.15. The van der Waals surface area contributed by atoms with Crippen molar-refractivity contribution in [3.8, 4) is 0 Å². The van der Waals surface area contributed by atoms with Crippen LogP contribution in [-0.2, 0) is 0 Å². The van der Waals surface area contributed by atoms with Crippen molar-refractivity contribution in [2.75, 3.05) is 0 Å². The largest absolute Gasteiger partial charge is 0.0900 e. The molecule has 0 bridgehead atoms. The van der Waals surface area contributed by atoms with Crippen molar-refractivity contribution in [1.82, 2.24) is 0 Å². The first kappa shape index (κ1) is 9.18. The quantitative estimate of drug-likeness (QED) is 0.580. The number of rotatable bonds is 4. The summed E-state index contributed by atoms with van der Waals surface area (Å²) in [5.74, 6) is 0. The van der Waals surface area contributed by atoms with E-state index in [1.807, 2.05) is 6.92 Å². The maximum Gasteiger partial charge on any atom is -0.00708 e. The minimum Gasteiger partial charge on any atom is -0.0900 e. The normalized spacial score (nSPS) is 9.11. The Hall–Kier alpha value is 0.180. The minimum atomic E-state index is 0.988. The molecule has 0 amide bonds. The molecule has 0 aromatic carbocycles. The molecule has 0 unspecified atom stereocenters. The second-order valence-electron chi connectivity index (χ2n) is 2.09. The molecule has 0 spiro atoms. The van der Waals surface area contributed by atoms with Crippen molar-refractivity contribution in [1.29, 1.82) is 0 Å². The highest BCUT2D eigenvalue weighted by molar-refractivity contribution is 7.80. The van der Waals surface area contributed by atoms with E-state index >= 15 is 0 Å². The van der Waals surface area contributed by atoms with E-state index in [9.17, 15) is 0 Å². The van der Waals surface area contributed by atoms with Gasteiger partial charge in [-0.15, -0.1) is 0 Å². The van der Waals surface area contributed by atoms with Crippen LogP contribution in [0.1, 0.15) is 33.1 Å². The Labute approximate surface area is 67.6 Å². The second-order valence-corrected chi connectivity index (χ2v) is 3.37. The lowest BCUT2D eigenvalue weighted by atomic mass is 10.2. The minimum absolute atomic E-state index is 0.988. The summed E-state index contributed by atoms with van der Waals surface area (Å²) in [4.78, 5) is 2.20. The molecule has 9 heavy (non-hydrogen) atoms. The van der Waals surface area contributed by atoms with Gasteiger partial charge in [0.05, 0.1) is 0 Å². The summed E-state index contributed by atoms with van der Waals surface area (Å²) in [5.41, 5.74) is 0. The van der Waals surface area contributed by atoms with Crippen molar-refractivity contribution in [2.45, 2.75) is 33.1 Å². The molecule has 0 aliphatic carbocycles. The van der Waals surface area contributed by atoms with Gasteiger partial charge >= 0.3 is 0 Å². The molecule has 0 nitrogen and oxygen atoms in total. The molecular formula is C7H12S2. The van der Waals surface area contributed by atoms with E-state index in [1.54, 1.807) is 0 Å². The Balaban J connectivity index is 3.28. The van der Waals surface area contributed by atoms with Gasteiger partial charge in [0.1, 0.15) is 0 Å². The summed E-state index contributed by atoms with van der Waals surface area (Å²) in [7, 11) is 0. The maximum absolute atomic E-state index is 5.01. The molecular weight excluding hydrogens is 148 g/mol. The fourth-order valence-electron chi connectivity index (χ4n) is 0.492. The standard InChI is InChI=1S/C7H12S2/c1-3-7(9)5-4-6(2)8/h3-5H2,1-2H3. The molecule has 0 rings (SSSR count). The molecule has 52 valence electrons. The van der Waals surface area contributed by atoms with Crippen molar-refractivity contribution in [3.05, 3.63) is 0 Å². The third-order valence-corrected chi connectivity index (χ3v) is 1.85. The first-order chi connectivity index (χ1) is 4.16. The molecule has 0 saturated carbocycles. The smallest absolute Gasteiger partial charge is 0.00708 e. The van der Waals surface area contributed by atoms with Crippen molar-refractivity contribution >= 4 is 34.2 Å².